The van der Waals surface area contributed by atoms with Crippen molar-refractivity contribution in [3.8, 4) is 0 Å². The van der Waals surface area contributed by atoms with Crippen molar-refractivity contribution < 1.29 is 19.4 Å². The molecule has 4 nitrogen and oxygen atoms in total. The van der Waals surface area contributed by atoms with E-state index in [1.807, 2.05) is 41.5 Å². The number of allylic oxidation sites excluding steroid dienone is 1. The molecule has 0 bridgehead atoms. The van der Waals surface area contributed by atoms with E-state index >= 15 is 0 Å². The summed E-state index contributed by atoms with van der Waals surface area (Å²) in [6, 6.07) is 0. The zero-order valence-electron chi connectivity index (χ0n) is 17.2. The van der Waals surface area contributed by atoms with E-state index in [2.05, 4.69) is 13.8 Å². The first-order valence-electron chi connectivity index (χ1n) is 9.03. The maximum Gasteiger partial charge on any atom is 0.330 e. The molecular weight excluding hydrogens is 304 g/mol. The lowest BCUT2D eigenvalue weighted by molar-refractivity contribution is -0.145. The van der Waals surface area contributed by atoms with Crippen LogP contribution in [0.15, 0.2) is 12.2 Å². The number of aliphatic hydroxyl groups excluding tert-OH is 1. The van der Waals surface area contributed by atoms with Gasteiger partial charge in [0.15, 0.2) is 0 Å². The van der Waals surface area contributed by atoms with Gasteiger partial charge in [0.1, 0.15) is 12.4 Å². The Bertz CT molecular complexity index is 320. The Hall–Kier alpha value is -1.16. The van der Waals surface area contributed by atoms with Gasteiger partial charge in [-0.3, -0.25) is 0 Å². The van der Waals surface area contributed by atoms with Gasteiger partial charge in [-0.2, -0.15) is 0 Å². The maximum absolute atomic E-state index is 11.0. The monoisotopic (exact) mass is 344 g/mol. The van der Waals surface area contributed by atoms with Crippen LogP contribution in [-0.2, 0) is 14.3 Å². The van der Waals surface area contributed by atoms with Gasteiger partial charge >= 0.3 is 5.97 Å². The summed E-state index contributed by atoms with van der Waals surface area (Å²) in [4.78, 5) is 20.5. The third kappa shape index (κ3) is 20.8. The van der Waals surface area contributed by atoms with E-state index < -0.39 is 0 Å². The molecule has 0 aliphatic carbocycles. The Morgan fingerprint density at radius 1 is 1.00 bits per heavy atom. The van der Waals surface area contributed by atoms with Gasteiger partial charge in [0.2, 0.25) is 0 Å². The molecule has 0 saturated heterocycles. The Morgan fingerprint density at radius 3 is 1.62 bits per heavy atom. The second-order valence-electron chi connectivity index (χ2n) is 6.73. The molecule has 0 fully saturated rings. The molecule has 0 amide bonds. The third-order valence-electron chi connectivity index (χ3n) is 3.18. The molecule has 0 aromatic heterocycles. The summed E-state index contributed by atoms with van der Waals surface area (Å²) in [6.45, 7) is 17.7. The molecule has 0 radical (unpaired) electrons. The molecule has 24 heavy (non-hydrogen) atoms. The van der Waals surface area contributed by atoms with Crippen molar-refractivity contribution in [2.75, 3.05) is 0 Å². The number of ether oxygens (including phenoxy) is 1. The largest absolute Gasteiger partial charge is 0.459 e. The maximum atomic E-state index is 11.0. The summed E-state index contributed by atoms with van der Waals surface area (Å²) in [6.07, 6.45) is 5.76. The summed E-state index contributed by atoms with van der Waals surface area (Å²) < 4.78 is 5.18. The highest BCUT2D eigenvalue weighted by molar-refractivity contribution is 5.81. The SMILES string of the molecule is CC(C)C=O.CC=CC(=O)OC(CC)C(C)C.CCC(O)C(C)C. The van der Waals surface area contributed by atoms with Crippen molar-refractivity contribution in [3.63, 3.8) is 0 Å². The zero-order valence-corrected chi connectivity index (χ0v) is 17.2. The lowest BCUT2D eigenvalue weighted by Crippen LogP contribution is -2.21. The smallest absolute Gasteiger partial charge is 0.330 e. The van der Waals surface area contributed by atoms with Gasteiger partial charge in [0.05, 0.1) is 6.10 Å². The van der Waals surface area contributed by atoms with Crippen LogP contribution in [0.1, 0.15) is 75.2 Å². The fourth-order valence-electron chi connectivity index (χ4n) is 1.49. The highest BCUT2D eigenvalue weighted by Gasteiger charge is 2.13. The Balaban J connectivity index is -0.000000311. The summed E-state index contributed by atoms with van der Waals surface area (Å²) in [5.41, 5.74) is 0. The molecule has 2 unspecified atom stereocenters. The van der Waals surface area contributed by atoms with Crippen molar-refractivity contribution in [1.82, 2.24) is 0 Å². The highest BCUT2D eigenvalue weighted by atomic mass is 16.5. The lowest BCUT2D eigenvalue weighted by atomic mass is 10.1. The van der Waals surface area contributed by atoms with Crippen LogP contribution in [0.25, 0.3) is 0 Å². The molecule has 144 valence electrons. The van der Waals surface area contributed by atoms with Crippen LogP contribution >= 0.6 is 0 Å². The lowest BCUT2D eigenvalue weighted by Gasteiger charge is -2.18. The van der Waals surface area contributed by atoms with Crippen LogP contribution in [0.2, 0.25) is 0 Å². The summed E-state index contributed by atoms with van der Waals surface area (Å²) in [7, 11) is 0. The van der Waals surface area contributed by atoms with Crippen LogP contribution < -0.4 is 0 Å². The molecule has 2 atom stereocenters. The molecule has 0 aliphatic heterocycles. The number of rotatable bonds is 7. The molecule has 0 heterocycles. The minimum atomic E-state index is -0.238. The molecule has 0 aromatic carbocycles. The Kier molecular flexibility index (Phi) is 21.0. The molecule has 0 spiro atoms. The second-order valence-corrected chi connectivity index (χ2v) is 6.73. The molecule has 4 heteroatoms. The number of aldehydes is 1. The number of esters is 1. The predicted octanol–water partition coefficient (Wildman–Crippen LogP) is 4.79. The van der Waals surface area contributed by atoms with Crippen molar-refractivity contribution in [2.45, 2.75) is 87.4 Å². The van der Waals surface area contributed by atoms with E-state index in [9.17, 15) is 9.59 Å². The van der Waals surface area contributed by atoms with Crippen molar-refractivity contribution in [3.05, 3.63) is 12.2 Å². The number of aliphatic hydroxyl groups is 1. The topological polar surface area (TPSA) is 63.6 Å². The fourth-order valence-corrected chi connectivity index (χ4v) is 1.49. The minimum absolute atomic E-state index is 0.0497. The Morgan fingerprint density at radius 2 is 1.46 bits per heavy atom. The van der Waals surface area contributed by atoms with Gasteiger partial charge in [-0.1, -0.05) is 61.5 Å². The van der Waals surface area contributed by atoms with Gasteiger partial charge < -0.3 is 14.6 Å². The highest BCUT2D eigenvalue weighted by Crippen LogP contribution is 2.10. The Labute approximate surface area is 149 Å². The molecular formula is C20H40O4. The molecule has 0 aliphatic rings. The van der Waals surface area contributed by atoms with E-state index in [1.165, 1.54) is 6.08 Å². The first-order chi connectivity index (χ1) is 11.1. The normalized spacial score (nSPS) is 13.0. The molecule has 0 saturated carbocycles. The fraction of sp³-hybridized carbons (Fsp3) is 0.800. The van der Waals surface area contributed by atoms with Crippen LogP contribution in [-0.4, -0.2) is 29.6 Å². The summed E-state index contributed by atoms with van der Waals surface area (Å²) in [5.74, 6) is 0.780. The van der Waals surface area contributed by atoms with Crippen molar-refractivity contribution >= 4 is 12.3 Å². The first kappa shape index (κ1) is 27.7. The predicted molar refractivity (Wildman–Crippen MR) is 102 cm³/mol. The van der Waals surface area contributed by atoms with E-state index in [0.717, 1.165) is 19.1 Å². The first-order valence-corrected chi connectivity index (χ1v) is 9.03. The minimum Gasteiger partial charge on any atom is -0.459 e. The van der Waals surface area contributed by atoms with Crippen molar-refractivity contribution in [2.24, 2.45) is 17.8 Å². The quantitative estimate of drug-likeness (QED) is 0.409. The summed E-state index contributed by atoms with van der Waals surface area (Å²) in [5, 5.41) is 8.94. The van der Waals surface area contributed by atoms with Gasteiger partial charge in [-0.25, -0.2) is 4.79 Å². The van der Waals surface area contributed by atoms with E-state index in [0.29, 0.717) is 11.8 Å². The van der Waals surface area contributed by atoms with E-state index in [1.54, 1.807) is 13.0 Å². The summed E-state index contributed by atoms with van der Waals surface area (Å²) >= 11 is 0. The number of carbonyl (C=O) groups excluding carboxylic acids is 2. The van der Waals surface area contributed by atoms with Crippen LogP contribution in [0.5, 0.6) is 0 Å². The zero-order chi connectivity index (χ0) is 19.7. The number of carbonyl (C=O) groups is 2. The molecule has 0 aromatic rings. The van der Waals surface area contributed by atoms with Gasteiger partial charge in [-0.05, 0) is 31.6 Å². The second kappa shape index (κ2) is 18.2. The van der Waals surface area contributed by atoms with Crippen LogP contribution in [0.4, 0.5) is 0 Å². The standard InChI is InChI=1S/C10H18O2.C6H14O.C4H8O/c1-5-7-10(11)12-9(6-2)8(3)4;1-4-6(7)5(2)3;1-4(2)3-5/h5,7-9H,6H2,1-4H3;5-7H,4H2,1-3H3;3-4H,1-2H3. The number of hydrogen-bond donors (Lipinski definition) is 1. The number of hydrogen-bond acceptors (Lipinski definition) is 4. The average molecular weight is 345 g/mol. The van der Waals surface area contributed by atoms with E-state index in [4.69, 9.17) is 9.84 Å². The van der Waals surface area contributed by atoms with Gasteiger partial charge in [-0.15, -0.1) is 0 Å². The van der Waals surface area contributed by atoms with E-state index in [-0.39, 0.29) is 24.1 Å². The molecule has 1 N–H and O–H groups in total. The molecule has 0 rings (SSSR count). The third-order valence-corrected chi connectivity index (χ3v) is 3.18. The van der Waals surface area contributed by atoms with Crippen LogP contribution in [0.3, 0.4) is 0 Å². The van der Waals surface area contributed by atoms with Crippen LogP contribution in [0, 0.1) is 17.8 Å². The van der Waals surface area contributed by atoms with Gasteiger partial charge in [0, 0.05) is 12.0 Å². The van der Waals surface area contributed by atoms with Gasteiger partial charge in [0.25, 0.3) is 0 Å². The average Bonchev–Trinajstić information content (AvgIpc) is 2.52. The van der Waals surface area contributed by atoms with Crippen molar-refractivity contribution in [1.29, 1.82) is 0 Å².